The Morgan fingerprint density at radius 2 is 1.04 bits per heavy atom. The summed E-state index contributed by atoms with van der Waals surface area (Å²) in [4.78, 5) is 21.0. The molecule has 0 fully saturated rings. The van der Waals surface area contributed by atoms with E-state index in [1.54, 1.807) is 6.92 Å². The molecule has 0 aromatic carbocycles. The van der Waals surface area contributed by atoms with Crippen molar-refractivity contribution in [3.8, 4) is 0 Å². The summed E-state index contributed by atoms with van der Waals surface area (Å²) in [6.07, 6.45) is 18.6. The van der Waals surface area contributed by atoms with Crippen molar-refractivity contribution in [2.24, 2.45) is 0 Å². The minimum absolute atomic E-state index is 0.315. The van der Waals surface area contributed by atoms with E-state index in [0.717, 1.165) is 25.7 Å². The van der Waals surface area contributed by atoms with Crippen molar-refractivity contribution in [2.45, 2.75) is 103 Å². The second-order valence-corrected chi connectivity index (χ2v) is 6.72. The maximum absolute atomic E-state index is 10.6. The van der Waals surface area contributed by atoms with Crippen LogP contribution in [0.1, 0.15) is 103 Å². The van der Waals surface area contributed by atoms with Crippen LogP contribution in [0.4, 0.5) is 0 Å². The maximum Gasteiger partial charge on any atom is 0.330 e. The summed E-state index contributed by atoms with van der Waals surface area (Å²) >= 11 is 0. The van der Waals surface area contributed by atoms with Gasteiger partial charge >= 0.3 is 11.9 Å². The lowest BCUT2D eigenvalue weighted by molar-refractivity contribution is -0.137. The van der Waals surface area contributed by atoms with E-state index in [0.29, 0.717) is 12.0 Å². The SMILES string of the molecule is CC(=CCCCCCCCCCCCCCCCC(=O)O)C(=O)O. The third-order valence-corrected chi connectivity index (χ3v) is 4.38. The molecule has 24 heavy (non-hydrogen) atoms. The van der Waals surface area contributed by atoms with E-state index in [-0.39, 0.29) is 0 Å². The van der Waals surface area contributed by atoms with Crippen LogP contribution >= 0.6 is 0 Å². The van der Waals surface area contributed by atoms with E-state index in [4.69, 9.17) is 10.2 Å². The largest absolute Gasteiger partial charge is 0.481 e. The van der Waals surface area contributed by atoms with Crippen LogP contribution < -0.4 is 0 Å². The van der Waals surface area contributed by atoms with Crippen LogP contribution in [0.15, 0.2) is 11.6 Å². The number of carboxylic acid groups (broad SMARTS) is 2. The van der Waals surface area contributed by atoms with Gasteiger partial charge in [0, 0.05) is 12.0 Å². The Balaban J connectivity index is 3.14. The molecular weight excluding hydrogens is 304 g/mol. The van der Waals surface area contributed by atoms with Crippen LogP contribution in [0.25, 0.3) is 0 Å². The zero-order chi connectivity index (χ0) is 18.0. The Morgan fingerprint density at radius 3 is 1.42 bits per heavy atom. The van der Waals surface area contributed by atoms with Crippen molar-refractivity contribution >= 4 is 11.9 Å². The van der Waals surface area contributed by atoms with Gasteiger partial charge in [-0.2, -0.15) is 0 Å². The molecule has 0 rings (SSSR count). The second kappa shape index (κ2) is 16.5. The summed E-state index contributed by atoms with van der Waals surface area (Å²) in [5, 5.41) is 17.3. The van der Waals surface area contributed by atoms with Crippen LogP contribution in [0, 0.1) is 0 Å². The standard InChI is InChI=1S/C20H36O4/c1-18(20(23)24)16-14-12-10-8-6-4-2-3-5-7-9-11-13-15-17-19(21)22/h16H,2-15,17H2,1H3,(H,21,22)(H,23,24). The first kappa shape index (κ1) is 22.7. The Morgan fingerprint density at radius 1 is 0.667 bits per heavy atom. The third kappa shape index (κ3) is 17.0. The maximum atomic E-state index is 10.6. The van der Waals surface area contributed by atoms with Gasteiger partial charge in [0.1, 0.15) is 0 Å². The summed E-state index contributed by atoms with van der Waals surface area (Å²) in [5.74, 6) is -1.49. The molecule has 0 saturated carbocycles. The van der Waals surface area contributed by atoms with Crippen molar-refractivity contribution < 1.29 is 19.8 Å². The molecule has 0 saturated heterocycles. The summed E-state index contributed by atoms with van der Waals surface area (Å²) in [6, 6.07) is 0. The minimum atomic E-state index is -0.810. The first-order valence-corrected chi connectivity index (χ1v) is 9.66. The van der Waals surface area contributed by atoms with Crippen molar-refractivity contribution in [1.29, 1.82) is 0 Å². The zero-order valence-corrected chi connectivity index (χ0v) is 15.4. The van der Waals surface area contributed by atoms with E-state index in [1.807, 2.05) is 6.08 Å². The lowest BCUT2D eigenvalue weighted by Crippen LogP contribution is -1.95. The van der Waals surface area contributed by atoms with Crippen LogP contribution in [-0.4, -0.2) is 22.2 Å². The highest BCUT2D eigenvalue weighted by atomic mass is 16.4. The third-order valence-electron chi connectivity index (χ3n) is 4.38. The molecule has 0 atom stereocenters. The molecule has 0 amide bonds. The average molecular weight is 341 g/mol. The lowest BCUT2D eigenvalue weighted by atomic mass is 10.0. The Kier molecular flexibility index (Phi) is 15.6. The van der Waals surface area contributed by atoms with E-state index in [9.17, 15) is 9.59 Å². The van der Waals surface area contributed by atoms with Gasteiger partial charge in [0.2, 0.25) is 0 Å². The first-order valence-electron chi connectivity index (χ1n) is 9.66. The smallest absolute Gasteiger partial charge is 0.330 e. The number of carbonyl (C=O) groups is 2. The van der Waals surface area contributed by atoms with Gasteiger partial charge in [-0.25, -0.2) is 4.79 Å². The number of aliphatic carboxylic acids is 2. The van der Waals surface area contributed by atoms with Gasteiger partial charge in [-0.05, 0) is 26.2 Å². The molecule has 0 aliphatic rings. The number of rotatable bonds is 17. The van der Waals surface area contributed by atoms with E-state index >= 15 is 0 Å². The zero-order valence-electron chi connectivity index (χ0n) is 15.4. The van der Waals surface area contributed by atoms with Gasteiger partial charge in [-0.3, -0.25) is 4.79 Å². The highest BCUT2D eigenvalue weighted by Gasteiger charge is 1.98. The van der Waals surface area contributed by atoms with Gasteiger partial charge in [0.25, 0.3) is 0 Å². The Hall–Kier alpha value is -1.32. The van der Waals surface area contributed by atoms with Gasteiger partial charge in [0.15, 0.2) is 0 Å². The number of hydrogen-bond acceptors (Lipinski definition) is 2. The molecule has 0 aromatic rings. The lowest BCUT2D eigenvalue weighted by Gasteiger charge is -2.03. The normalized spacial score (nSPS) is 11.6. The van der Waals surface area contributed by atoms with Gasteiger partial charge in [-0.15, -0.1) is 0 Å². The molecule has 4 nitrogen and oxygen atoms in total. The van der Waals surface area contributed by atoms with Gasteiger partial charge in [-0.1, -0.05) is 76.7 Å². The molecular formula is C20H36O4. The Labute approximate surface area is 147 Å². The molecule has 140 valence electrons. The molecule has 0 bridgehead atoms. The highest BCUT2D eigenvalue weighted by molar-refractivity contribution is 5.85. The van der Waals surface area contributed by atoms with Crippen molar-refractivity contribution in [3.63, 3.8) is 0 Å². The molecule has 0 aliphatic carbocycles. The predicted octanol–water partition coefficient (Wildman–Crippen LogP) is 5.95. The minimum Gasteiger partial charge on any atom is -0.481 e. The number of unbranched alkanes of at least 4 members (excludes halogenated alkanes) is 13. The summed E-state index contributed by atoms with van der Waals surface area (Å²) in [5.41, 5.74) is 0.455. The van der Waals surface area contributed by atoms with Gasteiger partial charge < -0.3 is 10.2 Å². The highest BCUT2D eigenvalue weighted by Crippen LogP contribution is 2.13. The molecule has 0 radical (unpaired) electrons. The number of hydrogen-bond donors (Lipinski definition) is 2. The summed E-state index contributed by atoms with van der Waals surface area (Å²) in [7, 11) is 0. The topological polar surface area (TPSA) is 74.6 Å². The fourth-order valence-corrected chi connectivity index (χ4v) is 2.77. The number of carboxylic acids is 2. The van der Waals surface area contributed by atoms with Crippen LogP contribution in [0.2, 0.25) is 0 Å². The number of allylic oxidation sites excluding steroid dienone is 1. The fourth-order valence-electron chi connectivity index (χ4n) is 2.77. The quantitative estimate of drug-likeness (QED) is 0.253. The van der Waals surface area contributed by atoms with Gasteiger partial charge in [0.05, 0.1) is 0 Å². The summed E-state index contributed by atoms with van der Waals surface area (Å²) < 4.78 is 0. The van der Waals surface area contributed by atoms with E-state index in [2.05, 4.69) is 0 Å². The Bertz CT molecular complexity index is 361. The summed E-state index contributed by atoms with van der Waals surface area (Å²) in [6.45, 7) is 1.65. The predicted molar refractivity (Wildman–Crippen MR) is 98.3 cm³/mol. The molecule has 0 aliphatic heterocycles. The molecule has 0 unspecified atom stereocenters. The monoisotopic (exact) mass is 340 g/mol. The molecule has 4 heteroatoms. The van der Waals surface area contributed by atoms with Crippen molar-refractivity contribution in [1.82, 2.24) is 0 Å². The first-order chi connectivity index (χ1) is 11.5. The molecule has 0 spiro atoms. The van der Waals surface area contributed by atoms with Crippen molar-refractivity contribution in [2.75, 3.05) is 0 Å². The van der Waals surface area contributed by atoms with Crippen LogP contribution in [0.3, 0.4) is 0 Å². The fraction of sp³-hybridized carbons (Fsp3) is 0.800. The van der Waals surface area contributed by atoms with Crippen molar-refractivity contribution in [3.05, 3.63) is 11.6 Å². The molecule has 2 N–H and O–H groups in total. The average Bonchev–Trinajstić information content (AvgIpc) is 2.53. The van der Waals surface area contributed by atoms with Crippen LogP contribution in [-0.2, 0) is 9.59 Å². The van der Waals surface area contributed by atoms with E-state index in [1.165, 1.54) is 64.2 Å². The second-order valence-electron chi connectivity index (χ2n) is 6.72. The molecule has 0 aromatic heterocycles. The molecule has 0 heterocycles. The van der Waals surface area contributed by atoms with Crippen LogP contribution in [0.5, 0.6) is 0 Å². The van der Waals surface area contributed by atoms with E-state index < -0.39 is 11.9 Å².